The van der Waals surface area contributed by atoms with Crippen molar-refractivity contribution >= 4 is 63.8 Å². The van der Waals surface area contributed by atoms with Gasteiger partial charge in [-0.1, -0.05) is 60.7 Å². The fourth-order valence-corrected chi connectivity index (χ4v) is 9.74. The van der Waals surface area contributed by atoms with Crippen LogP contribution in [-0.4, -0.2) is 122 Å². The molecule has 0 aliphatic carbocycles. The van der Waals surface area contributed by atoms with Crippen molar-refractivity contribution in [2.24, 2.45) is 10.9 Å². The van der Waals surface area contributed by atoms with Crippen molar-refractivity contribution in [3.05, 3.63) is 101 Å². The predicted octanol–water partition coefficient (Wildman–Crippen LogP) is 5.58. The summed E-state index contributed by atoms with van der Waals surface area (Å²) in [5.74, 6) is -2.07. The molecule has 61 heavy (non-hydrogen) atoms. The number of aromatic nitrogens is 2. The van der Waals surface area contributed by atoms with Crippen LogP contribution in [0.25, 0.3) is 0 Å². The molecule has 2 N–H and O–H groups in total. The molecule has 0 radical (unpaired) electrons. The number of Topliss-reactive ketones (excluding diaryl/α,β-unsaturated/α-hetero) is 1. The molecule has 0 spiro atoms. The van der Waals surface area contributed by atoms with Gasteiger partial charge in [0, 0.05) is 69.2 Å². The number of ketones is 1. The summed E-state index contributed by atoms with van der Waals surface area (Å²) in [5, 5.41) is -0.348. The molecule has 1 aromatic heterocycles. The van der Waals surface area contributed by atoms with Gasteiger partial charge >= 0.3 is 12.1 Å². The molecular weight excluding hydrogens is 819 g/mol. The highest BCUT2D eigenvalue weighted by molar-refractivity contribution is 8.00. The Bertz CT molecular complexity index is 2170. The van der Waals surface area contributed by atoms with E-state index in [1.54, 1.807) is 15.9 Å². The number of amides is 3. The SMILES string of the molecule is C1CCOC1.CN=C(C(=O)C[C@@H]1C(=O)N2C(C(=O)OC(c3ccccc3)c3ccccc3)=C(/C=C3\CCN([C@@H]4CCN(C(=O)OC(C)(C)C)C4)C3=O)CS[C@H]12)c1nsc(N)n1. The van der Waals surface area contributed by atoms with Gasteiger partial charge in [-0.05, 0) is 69.2 Å². The van der Waals surface area contributed by atoms with Gasteiger partial charge in [0.25, 0.3) is 0 Å². The van der Waals surface area contributed by atoms with E-state index in [-0.39, 0.29) is 46.5 Å². The van der Waals surface area contributed by atoms with E-state index >= 15 is 0 Å². The average molecular weight is 870 g/mol. The molecule has 322 valence electrons. The van der Waals surface area contributed by atoms with Crippen molar-refractivity contribution in [2.45, 2.75) is 76.0 Å². The van der Waals surface area contributed by atoms with Crippen LogP contribution in [0.15, 0.2) is 88.6 Å². The molecule has 0 saturated carbocycles. The van der Waals surface area contributed by atoms with Gasteiger partial charge in [-0.25, -0.2) is 9.59 Å². The average Bonchev–Trinajstić information content (AvgIpc) is 4.10. The van der Waals surface area contributed by atoms with Gasteiger partial charge in [-0.2, -0.15) is 9.36 Å². The molecule has 3 aromatic rings. The van der Waals surface area contributed by atoms with Crippen LogP contribution in [0.2, 0.25) is 0 Å². The van der Waals surface area contributed by atoms with Crippen molar-refractivity contribution in [3.63, 3.8) is 0 Å². The van der Waals surface area contributed by atoms with Crippen molar-refractivity contribution in [1.82, 2.24) is 24.1 Å². The number of fused-ring (bicyclic) bond motifs is 1. The van der Waals surface area contributed by atoms with Crippen molar-refractivity contribution < 1.29 is 38.2 Å². The van der Waals surface area contributed by atoms with Gasteiger partial charge in [-0.15, -0.1) is 11.8 Å². The number of carbonyl (C=O) groups excluding carboxylic acids is 5. The van der Waals surface area contributed by atoms with Crippen LogP contribution >= 0.6 is 23.3 Å². The summed E-state index contributed by atoms with van der Waals surface area (Å²) >= 11 is 2.36. The Morgan fingerprint density at radius 1 is 1.02 bits per heavy atom. The standard InChI is InChI=1S/C40H43N7O7S2.C4H8O/c1-40(2,3)54-39(52)45-17-16-27(21-45)46-18-15-25(34(46)49)19-26-22-55-36-28(20-29(48)30(42-4)33-43-38(41)56-44-33)35(50)47(36)31(26)37(51)53-32(23-11-7-5-8-12-23)24-13-9-6-10-14-24;1-2-4-5-3-1/h5-14,19,27-28,32,36H,15-18,20-22H2,1-4H3,(H2,41,43,44);1-4H2/b25-19+,42-30?;/t27-,28-,36-;/m1./s1. The number of benzene rings is 2. The maximum absolute atomic E-state index is 14.5. The van der Waals surface area contributed by atoms with Gasteiger partial charge in [-0.3, -0.25) is 24.3 Å². The number of hydrogen-bond acceptors (Lipinski definition) is 14. The number of carbonyl (C=O) groups is 5. The number of nitrogens with zero attached hydrogens (tertiary/aromatic N) is 6. The molecule has 6 heterocycles. The van der Waals surface area contributed by atoms with Crippen molar-refractivity contribution in [2.75, 3.05) is 51.4 Å². The van der Waals surface area contributed by atoms with Gasteiger partial charge in [0.1, 0.15) is 17.0 Å². The monoisotopic (exact) mass is 869 g/mol. The summed E-state index contributed by atoms with van der Waals surface area (Å²) in [6, 6.07) is 18.5. The van der Waals surface area contributed by atoms with Gasteiger partial charge in [0.15, 0.2) is 22.8 Å². The summed E-state index contributed by atoms with van der Waals surface area (Å²) in [6.07, 6.45) is 3.97. The lowest BCUT2D eigenvalue weighted by molar-refractivity contribution is -0.157. The Morgan fingerprint density at radius 3 is 2.26 bits per heavy atom. The molecular formula is C44H51N7O8S2. The Kier molecular flexibility index (Phi) is 13.7. The second-order valence-corrected chi connectivity index (χ2v) is 18.1. The molecule has 4 saturated heterocycles. The second-order valence-electron chi connectivity index (χ2n) is 16.3. The number of anilines is 1. The fraction of sp³-hybridized carbons (Fsp3) is 0.455. The molecule has 0 unspecified atom stereocenters. The first kappa shape index (κ1) is 43.7. The lowest BCUT2D eigenvalue weighted by atomic mass is 9.89. The topological polar surface area (TPSA) is 187 Å². The van der Waals surface area contributed by atoms with Crippen LogP contribution in [0.4, 0.5) is 9.93 Å². The zero-order chi connectivity index (χ0) is 43.3. The van der Waals surface area contributed by atoms with E-state index in [0.29, 0.717) is 43.6 Å². The van der Waals surface area contributed by atoms with Crippen molar-refractivity contribution in [1.29, 1.82) is 0 Å². The quantitative estimate of drug-likeness (QED) is 0.116. The summed E-state index contributed by atoms with van der Waals surface area (Å²) in [4.78, 5) is 81.7. The summed E-state index contributed by atoms with van der Waals surface area (Å²) in [7, 11) is 1.45. The third-order valence-electron chi connectivity index (χ3n) is 10.9. The minimum atomic E-state index is -0.784. The zero-order valence-corrected chi connectivity index (χ0v) is 36.4. The van der Waals surface area contributed by atoms with Gasteiger partial charge in [0.2, 0.25) is 11.8 Å². The number of hydrogen-bond donors (Lipinski definition) is 1. The molecule has 15 nitrogen and oxygen atoms in total. The Balaban J connectivity index is 0.00000105. The van der Waals surface area contributed by atoms with E-state index in [0.717, 1.165) is 35.9 Å². The number of aliphatic imine (C=N–C) groups is 1. The van der Waals surface area contributed by atoms with E-state index < -0.39 is 46.7 Å². The highest BCUT2D eigenvalue weighted by Crippen LogP contribution is 2.47. The number of allylic oxidation sites excluding steroid dienone is 1. The first-order valence-corrected chi connectivity index (χ1v) is 22.3. The first-order valence-electron chi connectivity index (χ1n) is 20.5. The molecule has 8 rings (SSSR count). The second kappa shape index (κ2) is 19.1. The van der Waals surface area contributed by atoms with Crippen LogP contribution in [0, 0.1) is 5.92 Å². The molecule has 3 atom stereocenters. The normalized spacial score (nSPS) is 22.3. The van der Waals surface area contributed by atoms with E-state index in [1.807, 2.05) is 81.4 Å². The molecule has 4 fully saturated rings. The Labute approximate surface area is 363 Å². The number of esters is 1. The molecule has 5 aliphatic heterocycles. The number of rotatable bonds is 10. The summed E-state index contributed by atoms with van der Waals surface area (Å²) in [5.41, 5.74) is 7.67. The summed E-state index contributed by atoms with van der Waals surface area (Å²) < 4.78 is 20.9. The number of likely N-dealkylation sites (tertiary alicyclic amines) is 2. The molecule has 0 bridgehead atoms. The van der Waals surface area contributed by atoms with Crippen molar-refractivity contribution in [3.8, 4) is 0 Å². The number of thioether (sulfide) groups is 1. The lowest BCUT2D eigenvalue weighted by Gasteiger charge is -2.49. The van der Waals surface area contributed by atoms with Gasteiger partial charge < -0.3 is 29.7 Å². The minimum absolute atomic E-state index is 0.0277. The van der Waals surface area contributed by atoms with Gasteiger partial charge in [0.05, 0.1) is 17.3 Å². The summed E-state index contributed by atoms with van der Waals surface area (Å²) in [6.45, 7) is 8.75. The molecule has 5 aliphatic rings. The van der Waals surface area contributed by atoms with Crippen LogP contribution in [-0.2, 0) is 33.4 Å². The third kappa shape index (κ3) is 10.1. The van der Waals surface area contributed by atoms with Crippen LogP contribution in [0.5, 0.6) is 0 Å². The largest absolute Gasteiger partial charge is 0.448 e. The minimum Gasteiger partial charge on any atom is -0.448 e. The number of nitrogens with two attached hydrogens (primary N) is 1. The van der Waals surface area contributed by atoms with Crippen LogP contribution in [0.1, 0.15) is 75.9 Å². The highest BCUT2D eigenvalue weighted by Gasteiger charge is 2.54. The third-order valence-corrected chi connectivity index (χ3v) is 12.8. The first-order chi connectivity index (χ1) is 29.3. The zero-order valence-electron chi connectivity index (χ0n) is 34.8. The number of β-lactam (4-membered cyclic amide) rings is 1. The maximum Gasteiger partial charge on any atom is 0.410 e. The Hall–Kier alpha value is -5.39. The predicted molar refractivity (Wildman–Crippen MR) is 232 cm³/mol. The van der Waals surface area contributed by atoms with Crippen LogP contribution in [0.3, 0.4) is 0 Å². The van der Waals surface area contributed by atoms with E-state index in [4.69, 9.17) is 19.9 Å². The smallest absolute Gasteiger partial charge is 0.410 e. The Morgan fingerprint density at radius 2 is 1.69 bits per heavy atom. The number of nitrogen functional groups attached to an aromatic ring is 1. The maximum atomic E-state index is 14.5. The lowest BCUT2D eigenvalue weighted by Crippen LogP contribution is -2.62. The molecule has 2 aromatic carbocycles. The van der Waals surface area contributed by atoms with E-state index in [2.05, 4.69) is 14.3 Å². The van der Waals surface area contributed by atoms with E-state index in [9.17, 15) is 24.0 Å². The van der Waals surface area contributed by atoms with Crippen LogP contribution < -0.4 is 5.73 Å². The molecule has 3 amide bonds. The highest BCUT2D eigenvalue weighted by atomic mass is 32.2. The van der Waals surface area contributed by atoms with E-state index in [1.165, 1.54) is 36.6 Å². The molecule has 17 heteroatoms. The number of ether oxygens (including phenoxy) is 3. The fourth-order valence-electron chi connectivity index (χ4n) is 7.93.